The summed E-state index contributed by atoms with van der Waals surface area (Å²) in [7, 11) is 0. The van der Waals surface area contributed by atoms with Crippen LogP contribution in [0.25, 0.3) is 5.76 Å². The van der Waals surface area contributed by atoms with E-state index in [1.165, 1.54) is 11.3 Å². The quantitative estimate of drug-likeness (QED) is 0.200. The summed E-state index contributed by atoms with van der Waals surface area (Å²) in [5, 5.41) is 13.0. The number of likely N-dealkylation sites (tertiary alicyclic amines) is 1. The third-order valence-corrected chi connectivity index (χ3v) is 7.45. The Balaban J connectivity index is 1.83. The molecule has 1 N–H and O–H groups in total. The van der Waals surface area contributed by atoms with E-state index in [1.807, 2.05) is 29.6 Å². The van der Waals surface area contributed by atoms with Gasteiger partial charge in [-0.05, 0) is 62.5 Å². The number of aliphatic hydroxyl groups excluding tert-OH is 1. The number of hydrogen-bond acceptors (Lipinski definition) is 5. The Morgan fingerprint density at radius 3 is 2.24 bits per heavy atom. The number of ketones is 1. The molecule has 0 saturated carbocycles. The van der Waals surface area contributed by atoms with Gasteiger partial charge in [0.05, 0.1) is 11.6 Å². The summed E-state index contributed by atoms with van der Waals surface area (Å²) in [6, 6.07) is 10.4. The van der Waals surface area contributed by atoms with E-state index >= 15 is 0 Å². The molecule has 5 nitrogen and oxygen atoms in total. The Kier molecular flexibility index (Phi) is 9.71. The average molecular weight is 534 g/mol. The van der Waals surface area contributed by atoms with Gasteiger partial charge in [0, 0.05) is 21.5 Å². The van der Waals surface area contributed by atoms with Crippen LogP contribution in [-0.4, -0.2) is 52.8 Å². The molecule has 1 amide bonds. The van der Waals surface area contributed by atoms with Crippen molar-refractivity contribution in [2.45, 2.75) is 52.0 Å². The first kappa shape index (κ1) is 25.7. The van der Waals surface area contributed by atoms with Gasteiger partial charge < -0.3 is 14.9 Å². The lowest BCUT2D eigenvalue weighted by Gasteiger charge is -2.26. The second-order valence-corrected chi connectivity index (χ2v) is 10.3. The second-order valence-electron chi connectivity index (χ2n) is 8.42. The Morgan fingerprint density at radius 2 is 1.67 bits per heavy atom. The molecule has 0 radical (unpaired) electrons. The number of benzene rings is 1. The van der Waals surface area contributed by atoms with Gasteiger partial charge in [-0.25, -0.2) is 0 Å². The van der Waals surface area contributed by atoms with Crippen LogP contribution in [0.2, 0.25) is 0 Å². The number of hydrogen-bond donors (Lipinski definition) is 1. The van der Waals surface area contributed by atoms with Crippen LogP contribution in [-0.2, 0) is 9.59 Å². The fourth-order valence-corrected chi connectivity index (χ4v) is 5.29. The summed E-state index contributed by atoms with van der Waals surface area (Å²) in [6.07, 6.45) is 5.44. The summed E-state index contributed by atoms with van der Waals surface area (Å²) < 4.78 is 0.880. The van der Waals surface area contributed by atoms with Gasteiger partial charge in [-0.3, -0.25) is 9.59 Å². The van der Waals surface area contributed by atoms with E-state index in [2.05, 4.69) is 34.7 Å². The van der Waals surface area contributed by atoms with Gasteiger partial charge in [0.2, 0.25) is 0 Å². The van der Waals surface area contributed by atoms with E-state index in [0.717, 1.165) is 61.1 Å². The number of aliphatic hydroxyl groups is 1. The second kappa shape index (κ2) is 12.5. The summed E-state index contributed by atoms with van der Waals surface area (Å²) in [6.45, 7) is 7.90. The molecule has 1 aliphatic heterocycles. The maximum atomic E-state index is 13.1. The molecule has 1 fully saturated rings. The maximum Gasteiger partial charge on any atom is 0.295 e. The largest absolute Gasteiger partial charge is 0.507 e. The first-order valence-corrected chi connectivity index (χ1v) is 13.4. The maximum absolute atomic E-state index is 13.1. The van der Waals surface area contributed by atoms with Gasteiger partial charge in [-0.2, -0.15) is 0 Å². The normalized spacial score (nSPS) is 17.9. The van der Waals surface area contributed by atoms with Crippen LogP contribution in [0.5, 0.6) is 0 Å². The molecule has 1 saturated heterocycles. The highest BCUT2D eigenvalue weighted by Crippen LogP contribution is 2.41. The standard InChI is InChI=1S/C26H33BrN2O3S/c1-3-5-14-28(15-6-4-2)16-8-17-29-23(21-9-7-18-33-21)22(25(31)26(29)32)24(30)19-10-12-20(27)13-11-19/h7,9-13,18,23,30H,3-6,8,14-17H2,1-2H3/t23-/m0/s1. The fraction of sp³-hybridized carbons (Fsp3) is 0.462. The van der Waals surface area contributed by atoms with Crippen LogP contribution in [0.1, 0.15) is 62.4 Å². The van der Waals surface area contributed by atoms with Gasteiger partial charge in [0.25, 0.3) is 11.7 Å². The van der Waals surface area contributed by atoms with Crippen molar-refractivity contribution < 1.29 is 14.7 Å². The lowest BCUT2D eigenvalue weighted by molar-refractivity contribution is -0.139. The zero-order valence-electron chi connectivity index (χ0n) is 19.4. The van der Waals surface area contributed by atoms with Crippen LogP contribution >= 0.6 is 27.3 Å². The Morgan fingerprint density at radius 1 is 1.03 bits per heavy atom. The van der Waals surface area contributed by atoms with Gasteiger partial charge in [-0.1, -0.05) is 60.8 Å². The highest BCUT2D eigenvalue weighted by Gasteiger charge is 2.46. The summed E-state index contributed by atoms with van der Waals surface area (Å²) in [4.78, 5) is 31.1. The summed E-state index contributed by atoms with van der Waals surface area (Å²) in [5.74, 6) is -1.25. The van der Waals surface area contributed by atoms with Crippen molar-refractivity contribution >= 4 is 44.7 Å². The van der Waals surface area contributed by atoms with E-state index in [-0.39, 0.29) is 11.3 Å². The van der Waals surface area contributed by atoms with E-state index in [0.29, 0.717) is 12.1 Å². The van der Waals surface area contributed by atoms with Crippen molar-refractivity contribution in [3.63, 3.8) is 0 Å². The summed E-state index contributed by atoms with van der Waals surface area (Å²) in [5.41, 5.74) is 0.710. The zero-order valence-corrected chi connectivity index (χ0v) is 21.8. The minimum atomic E-state index is -0.609. The third kappa shape index (κ3) is 6.34. The molecule has 33 heavy (non-hydrogen) atoms. The monoisotopic (exact) mass is 532 g/mol. The Labute approximate surface area is 209 Å². The zero-order chi connectivity index (χ0) is 23.8. The van der Waals surface area contributed by atoms with Crippen LogP contribution in [0.4, 0.5) is 0 Å². The molecule has 1 aromatic carbocycles. The van der Waals surface area contributed by atoms with Crippen molar-refractivity contribution in [1.82, 2.24) is 9.80 Å². The van der Waals surface area contributed by atoms with Crippen LogP contribution in [0, 0.1) is 0 Å². The number of rotatable bonds is 12. The highest BCUT2D eigenvalue weighted by atomic mass is 79.9. The molecule has 2 aromatic rings. The molecule has 7 heteroatoms. The van der Waals surface area contributed by atoms with Crippen LogP contribution in [0.15, 0.2) is 51.8 Å². The molecule has 0 aliphatic carbocycles. The minimum Gasteiger partial charge on any atom is -0.507 e. The first-order valence-electron chi connectivity index (χ1n) is 11.8. The van der Waals surface area contributed by atoms with Crippen molar-refractivity contribution in [2.24, 2.45) is 0 Å². The number of carbonyl (C=O) groups is 2. The SMILES string of the molecule is CCCCN(CCCC)CCCN1C(=O)C(=O)C(=C(O)c2ccc(Br)cc2)[C@@H]1c1cccs1. The molecular weight excluding hydrogens is 500 g/mol. The van der Waals surface area contributed by atoms with Crippen molar-refractivity contribution in [2.75, 3.05) is 26.2 Å². The van der Waals surface area contributed by atoms with Crippen LogP contribution < -0.4 is 0 Å². The number of thiophene rings is 1. The Bertz CT molecular complexity index is 948. The van der Waals surface area contributed by atoms with E-state index < -0.39 is 17.7 Å². The minimum absolute atomic E-state index is 0.116. The molecule has 2 heterocycles. The van der Waals surface area contributed by atoms with Gasteiger partial charge in [0.15, 0.2) is 0 Å². The first-order chi connectivity index (χ1) is 16.0. The molecule has 178 valence electrons. The number of carbonyl (C=O) groups excluding carboxylic acids is 2. The third-order valence-electron chi connectivity index (χ3n) is 6.00. The molecular formula is C26H33BrN2O3S. The lowest BCUT2D eigenvalue weighted by Crippen LogP contribution is -2.34. The fourth-order valence-electron chi connectivity index (χ4n) is 4.18. The molecule has 0 unspecified atom stereocenters. The number of unbranched alkanes of at least 4 members (excludes halogenated alkanes) is 2. The Hall–Kier alpha value is -1.96. The number of amides is 1. The van der Waals surface area contributed by atoms with E-state index in [1.54, 1.807) is 17.0 Å². The van der Waals surface area contributed by atoms with Gasteiger partial charge >= 0.3 is 0 Å². The molecule has 0 bridgehead atoms. The molecule has 0 spiro atoms. The number of nitrogens with zero attached hydrogens (tertiary/aromatic N) is 2. The predicted molar refractivity (Wildman–Crippen MR) is 138 cm³/mol. The molecule has 1 atom stereocenters. The predicted octanol–water partition coefficient (Wildman–Crippen LogP) is 6.22. The van der Waals surface area contributed by atoms with Crippen molar-refractivity contribution in [3.05, 3.63) is 62.3 Å². The van der Waals surface area contributed by atoms with Crippen molar-refractivity contribution in [3.8, 4) is 0 Å². The van der Waals surface area contributed by atoms with Gasteiger partial charge in [0.1, 0.15) is 5.76 Å². The lowest BCUT2D eigenvalue weighted by atomic mass is 10.00. The van der Waals surface area contributed by atoms with E-state index in [9.17, 15) is 14.7 Å². The molecule has 1 aromatic heterocycles. The van der Waals surface area contributed by atoms with E-state index in [4.69, 9.17) is 0 Å². The highest BCUT2D eigenvalue weighted by molar-refractivity contribution is 9.10. The molecule has 3 rings (SSSR count). The number of Topliss-reactive ketones (excluding diaryl/α,β-unsaturated/α-hetero) is 1. The van der Waals surface area contributed by atoms with Gasteiger partial charge in [-0.15, -0.1) is 11.3 Å². The average Bonchev–Trinajstić information content (AvgIpc) is 3.43. The topological polar surface area (TPSA) is 60.9 Å². The smallest absolute Gasteiger partial charge is 0.295 e. The van der Waals surface area contributed by atoms with Crippen molar-refractivity contribution in [1.29, 1.82) is 0 Å². The van der Waals surface area contributed by atoms with Crippen LogP contribution in [0.3, 0.4) is 0 Å². The number of halogens is 1. The summed E-state index contributed by atoms with van der Waals surface area (Å²) >= 11 is 4.89. The molecule has 1 aliphatic rings.